The third-order valence-corrected chi connectivity index (χ3v) is 4.21. The van der Waals surface area contributed by atoms with Crippen LogP contribution in [-0.4, -0.2) is 42.5 Å². The summed E-state index contributed by atoms with van der Waals surface area (Å²) in [7, 11) is -4.20. The molecule has 0 saturated heterocycles. The molecule has 0 aliphatic carbocycles. The summed E-state index contributed by atoms with van der Waals surface area (Å²) in [4.78, 5) is -0.178. The van der Waals surface area contributed by atoms with Gasteiger partial charge in [-0.05, 0) is 60.7 Å². The van der Waals surface area contributed by atoms with Crippen LogP contribution in [0, 0.1) is 0 Å². The molecule has 0 heterocycles. The summed E-state index contributed by atoms with van der Waals surface area (Å²) in [5, 5.41) is 11.4. The van der Waals surface area contributed by atoms with E-state index >= 15 is 0 Å². The fourth-order valence-electron chi connectivity index (χ4n) is 2.10. The number of anilines is 2. The van der Waals surface area contributed by atoms with Crippen molar-refractivity contribution < 1.29 is 13.0 Å². The Morgan fingerprint density at radius 1 is 0.692 bits per heavy atom. The summed E-state index contributed by atoms with van der Waals surface area (Å²) in [5.41, 5.74) is 3.08. The number of nitrogens with one attached hydrogen (secondary N) is 1. The molecule has 2 N–H and O–H groups in total. The third-order valence-electron chi connectivity index (χ3n) is 3.35. The number of hydrogen-bond donors (Lipinski definition) is 2. The van der Waals surface area contributed by atoms with Crippen molar-refractivity contribution in [3.05, 3.63) is 78.9 Å². The van der Waals surface area contributed by atoms with Gasteiger partial charge in [-0.2, -0.15) is 18.6 Å². The second kappa shape index (κ2) is 9.07. The molecule has 0 aromatic heterocycles. The zero-order valence-corrected chi connectivity index (χ0v) is 16.9. The minimum Gasteiger partial charge on any atom is -0.356 e. The van der Waals surface area contributed by atoms with Crippen LogP contribution in [0.5, 0.6) is 0 Å². The molecule has 0 aliphatic heterocycles. The first-order valence-electron chi connectivity index (χ1n) is 7.42. The van der Waals surface area contributed by atoms with Crippen molar-refractivity contribution in [3.63, 3.8) is 0 Å². The minimum atomic E-state index is -4.20. The molecule has 0 amide bonds. The van der Waals surface area contributed by atoms with E-state index in [0.29, 0.717) is 11.4 Å². The molecule has 0 bridgehead atoms. The molecule has 8 heteroatoms. The van der Waals surface area contributed by atoms with Crippen molar-refractivity contribution in [2.45, 2.75) is 4.90 Å². The molecule has 0 saturated carbocycles. The van der Waals surface area contributed by atoms with E-state index in [4.69, 9.17) is 4.55 Å². The second-order valence-corrected chi connectivity index (χ2v) is 6.63. The molecule has 3 aromatic rings. The van der Waals surface area contributed by atoms with E-state index in [-0.39, 0.29) is 34.5 Å². The Bertz CT molecular complexity index is 974. The first-order chi connectivity index (χ1) is 12.0. The number of nitrogens with zero attached hydrogens (tertiary/aromatic N) is 2. The SMILES string of the molecule is O=S(=O)(O)c1ccc(N=Nc2ccc(Nc3ccccc3)cc2)cc1.[Na]. The summed E-state index contributed by atoms with van der Waals surface area (Å²) in [6, 6.07) is 22.7. The van der Waals surface area contributed by atoms with Crippen LogP contribution in [-0.2, 0) is 10.1 Å². The quantitative estimate of drug-likeness (QED) is 0.383. The second-order valence-electron chi connectivity index (χ2n) is 5.21. The largest absolute Gasteiger partial charge is 0.356 e. The Morgan fingerprint density at radius 2 is 1.15 bits per heavy atom. The van der Waals surface area contributed by atoms with Crippen molar-refractivity contribution in [1.82, 2.24) is 0 Å². The zero-order chi connectivity index (χ0) is 17.7. The van der Waals surface area contributed by atoms with Gasteiger partial charge in [-0.15, -0.1) is 0 Å². The van der Waals surface area contributed by atoms with E-state index in [1.807, 2.05) is 54.6 Å². The van der Waals surface area contributed by atoms with Crippen LogP contribution in [0.4, 0.5) is 22.7 Å². The molecule has 6 nitrogen and oxygen atoms in total. The summed E-state index contributed by atoms with van der Waals surface area (Å²) >= 11 is 0. The molecule has 0 aliphatic rings. The van der Waals surface area contributed by atoms with Crippen LogP contribution in [0.1, 0.15) is 0 Å². The van der Waals surface area contributed by atoms with Gasteiger partial charge in [0.25, 0.3) is 10.1 Å². The van der Waals surface area contributed by atoms with E-state index in [1.165, 1.54) is 24.3 Å². The normalized spacial score (nSPS) is 11.1. The fourth-order valence-corrected chi connectivity index (χ4v) is 2.58. The molecule has 3 aromatic carbocycles. The molecule has 0 atom stereocenters. The first kappa shape index (κ1) is 20.3. The van der Waals surface area contributed by atoms with Gasteiger partial charge >= 0.3 is 0 Å². The van der Waals surface area contributed by atoms with Gasteiger partial charge in [-0.1, -0.05) is 18.2 Å². The van der Waals surface area contributed by atoms with Crippen molar-refractivity contribution in [2.24, 2.45) is 10.2 Å². The Balaban J connectivity index is 0.00000243. The van der Waals surface area contributed by atoms with Gasteiger partial charge in [-0.25, -0.2) is 0 Å². The molecule has 3 rings (SSSR count). The number of hydrogen-bond acceptors (Lipinski definition) is 5. The Labute approximate surface area is 174 Å². The average molecular weight is 376 g/mol. The maximum absolute atomic E-state index is 11.0. The maximum atomic E-state index is 11.0. The van der Waals surface area contributed by atoms with E-state index < -0.39 is 10.1 Å². The van der Waals surface area contributed by atoms with Gasteiger partial charge in [0.1, 0.15) is 0 Å². The van der Waals surface area contributed by atoms with Crippen molar-refractivity contribution in [2.75, 3.05) is 5.32 Å². The molecule has 0 unspecified atom stereocenters. The van der Waals surface area contributed by atoms with Crippen LogP contribution < -0.4 is 5.32 Å². The van der Waals surface area contributed by atoms with E-state index in [0.717, 1.165) is 11.4 Å². The van der Waals surface area contributed by atoms with Crippen LogP contribution in [0.2, 0.25) is 0 Å². The monoisotopic (exact) mass is 376 g/mol. The van der Waals surface area contributed by atoms with Gasteiger partial charge < -0.3 is 5.32 Å². The molecule has 0 spiro atoms. The van der Waals surface area contributed by atoms with Crippen LogP contribution in [0.25, 0.3) is 0 Å². The molecule has 0 fully saturated rings. The van der Waals surface area contributed by atoms with Gasteiger partial charge in [0.05, 0.1) is 16.3 Å². The van der Waals surface area contributed by atoms with Crippen LogP contribution in [0.3, 0.4) is 0 Å². The average Bonchev–Trinajstić information content (AvgIpc) is 2.62. The summed E-state index contributed by atoms with van der Waals surface area (Å²) in [6.07, 6.45) is 0. The van der Waals surface area contributed by atoms with E-state index in [9.17, 15) is 8.42 Å². The number of para-hydroxylation sites is 1. The Hall–Kier alpha value is -2.03. The minimum absolute atomic E-state index is 0. The molecular weight excluding hydrogens is 361 g/mol. The molecule has 26 heavy (non-hydrogen) atoms. The molecule has 127 valence electrons. The summed E-state index contributed by atoms with van der Waals surface area (Å²) in [5.74, 6) is 0. The van der Waals surface area contributed by atoms with Crippen LogP contribution >= 0.6 is 0 Å². The van der Waals surface area contributed by atoms with Crippen molar-refractivity contribution in [1.29, 1.82) is 0 Å². The van der Waals surface area contributed by atoms with E-state index in [2.05, 4.69) is 15.5 Å². The molecular formula is C18H15N3NaO3S. The summed E-state index contributed by atoms with van der Waals surface area (Å²) < 4.78 is 30.9. The predicted molar refractivity (Wildman–Crippen MR) is 102 cm³/mol. The van der Waals surface area contributed by atoms with Gasteiger partial charge in [0.15, 0.2) is 0 Å². The van der Waals surface area contributed by atoms with Gasteiger partial charge in [-0.3, -0.25) is 4.55 Å². The molecule has 1 radical (unpaired) electrons. The van der Waals surface area contributed by atoms with Gasteiger partial charge in [0, 0.05) is 40.9 Å². The maximum Gasteiger partial charge on any atom is 0.294 e. The van der Waals surface area contributed by atoms with E-state index in [1.54, 1.807) is 0 Å². The van der Waals surface area contributed by atoms with Crippen molar-refractivity contribution >= 4 is 62.4 Å². The fraction of sp³-hybridized carbons (Fsp3) is 0. The van der Waals surface area contributed by atoms with Crippen molar-refractivity contribution in [3.8, 4) is 0 Å². The number of azo groups is 1. The topological polar surface area (TPSA) is 91.1 Å². The zero-order valence-electron chi connectivity index (χ0n) is 14.1. The number of benzene rings is 3. The Morgan fingerprint density at radius 3 is 1.65 bits per heavy atom. The van der Waals surface area contributed by atoms with Gasteiger partial charge in [0.2, 0.25) is 0 Å². The third kappa shape index (κ3) is 5.76. The Kier molecular flexibility index (Phi) is 7.07. The number of rotatable bonds is 5. The van der Waals surface area contributed by atoms with Crippen LogP contribution in [0.15, 0.2) is 94.0 Å². The smallest absolute Gasteiger partial charge is 0.294 e. The summed E-state index contributed by atoms with van der Waals surface area (Å²) in [6.45, 7) is 0. The predicted octanol–water partition coefficient (Wildman–Crippen LogP) is 4.71. The first-order valence-corrected chi connectivity index (χ1v) is 8.86. The standard InChI is InChI=1S/C18H15N3O3S.Na/c22-25(23,24)18-12-10-17(11-13-18)21-20-16-8-6-15(7-9-16)19-14-4-2-1-3-5-14;/h1-13,19H,(H,22,23,24);.